The second kappa shape index (κ2) is 6.90. The highest BCUT2D eigenvalue weighted by Gasteiger charge is 2.44. The summed E-state index contributed by atoms with van der Waals surface area (Å²) in [5.74, 6) is 0.669. The summed E-state index contributed by atoms with van der Waals surface area (Å²) >= 11 is 0. The van der Waals surface area contributed by atoms with Crippen molar-refractivity contribution in [1.29, 1.82) is 0 Å². The van der Waals surface area contributed by atoms with Crippen LogP contribution < -0.4 is 0 Å². The van der Waals surface area contributed by atoms with Crippen LogP contribution in [0.4, 0.5) is 4.79 Å². The number of aromatic nitrogens is 1. The third kappa shape index (κ3) is 3.64. The number of hydrogen-bond donors (Lipinski definition) is 0. The standard InChI is InChI=1S/C22H28N2O4/c1-13-23-18-12-14(8-9-19(18)27-13)20(25)15-10-16-6-5-7-17(11-15)24(16)21(26)28-22(2,3)4/h8-9,12,15-17H,5-7,10-11H2,1-4H3. The van der Waals surface area contributed by atoms with Crippen LogP contribution in [0.5, 0.6) is 0 Å². The molecule has 2 aliphatic heterocycles. The quantitative estimate of drug-likeness (QED) is 0.690. The molecule has 0 spiro atoms. The summed E-state index contributed by atoms with van der Waals surface area (Å²) in [4.78, 5) is 32.2. The van der Waals surface area contributed by atoms with E-state index in [4.69, 9.17) is 9.15 Å². The molecule has 0 N–H and O–H groups in total. The molecule has 2 bridgehead atoms. The largest absolute Gasteiger partial charge is 0.444 e. The molecule has 1 aromatic heterocycles. The van der Waals surface area contributed by atoms with Gasteiger partial charge in [-0.1, -0.05) is 0 Å². The second-order valence-corrected chi connectivity index (χ2v) is 9.07. The van der Waals surface area contributed by atoms with Gasteiger partial charge in [-0.3, -0.25) is 4.79 Å². The Bertz CT molecular complexity index is 897. The first-order chi connectivity index (χ1) is 13.2. The van der Waals surface area contributed by atoms with Gasteiger partial charge < -0.3 is 14.1 Å². The predicted octanol–water partition coefficient (Wildman–Crippen LogP) is 4.89. The van der Waals surface area contributed by atoms with Crippen LogP contribution >= 0.6 is 0 Å². The molecule has 1 amide bonds. The molecular formula is C22H28N2O4. The van der Waals surface area contributed by atoms with Crippen LogP contribution in [0.2, 0.25) is 0 Å². The molecule has 2 unspecified atom stereocenters. The van der Waals surface area contributed by atoms with Gasteiger partial charge in [-0.25, -0.2) is 9.78 Å². The van der Waals surface area contributed by atoms with Crippen molar-refractivity contribution in [2.24, 2.45) is 5.92 Å². The van der Waals surface area contributed by atoms with E-state index in [1.54, 1.807) is 6.92 Å². The van der Waals surface area contributed by atoms with Gasteiger partial charge in [0.2, 0.25) is 0 Å². The van der Waals surface area contributed by atoms with Crippen LogP contribution in [-0.4, -0.2) is 39.4 Å². The Labute approximate surface area is 165 Å². The second-order valence-electron chi connectivity index (χ2n) is 9.07. The summed E-state index contributed by atoms with van der Waals surface area (Å²) < 4.78 is 11.1. The fraction of sp³-hybridized carbons (Fsp3) is 0.591. The summed E-state index contributed by atoms with van der Waals surface area (Å²) in [7, 11) is 0. The summed E-state index contributed by atoms with van der Waals surface area (Å²) in [6.45, 7) is 7.46. The van der Waals surface area contributed by atoms with Crippen molar-refractivity contribution in [2.75, 3.05) is 0 Å². The number of rotatable bonds is 2. The van der Waals surface area contributed by atoms with Gasteiger partial charge in [0.1, 0.15) is 11.1 Å². The van der Waals surface area contributed by atoms with Crippen molar-refractivity contribution in [1.82, 2.24) is 9.88 Å². The topological polar surface area (TPSA) is 72.6 Å². The van der Waals surface area contributed by atoms with Crippen LogP contribution in [-0.2, 0) is 4.74 Å². The monoisotopic (exact) mass is 384 g/mol. The summed E-state index contributed by atoms with van der Waals surface area (Å²) in [6.07, 6.45) is 4.11. The van der Waals surface area contributed by atoms with E-state index in [9.17, 15) is 9.59 Å². The third-order valence-corrected chi connectivity index (χ3v) is 5.73. The highest BCUT2D eigenvalue weighted by atomic mass is 16.6. The first-order valence-corrected chi connectivity index (χ1v) is 10.1. The van der Waals surface area contributed by atoms with Crippen molar-refractivity contribution in [3.05, 3.63) is 29.7 Å². The number of Topliss-reactive ketones (excluding diaryl/α,β-unsaturated/α-hetero) is 1. The summed E-state index contributed by atoms with van der Waals surface area (Å²) in [5, 5.41) is 0. The molecule has 3 heterocycles. The van der Waals surface area contributed by atoms with Gasteiger partial charge in [-0.15, -0.1) is 0 Å². The van der Waals surface area contributed by atoms with E-state index in [1.807, 2.05) is 43.9 Å². The number of aryl methyl sites for hydroxylation is 1. The molecule has 0 radical (unpaired) electrons. The molecular weight excluding hydrogens is 356 g/mol. The lowest BCUT2D eigenvalue weighted by Crippen LogP contribution is -2.56. The number of benzene rings is 1. The number of ether oxygens (including phenoxy) is 1. The number of nitrogens with zero attached hydrogens (tertiary/aromatic N) is 2. The van der Waals surface area contributed by atoms with Crippen LogP contribution in [0.3, 0.4) is 0 Å². The van der Waals surface area contributed by atoms with Crippen molar-refractivity contribution in [3.8, 4) is 0 Å². The minimum atomic E-state index is -0.511. The Hall–Kier alpha value is -2.37. The Morgan fingerprint density at radius 2 is 1.86 bits per heavy atom. The Morgan fingerprint density at radius 3 is 2.50 bits per heavy atom. The number of piperidine rings is 2. The van der Waals surface area contributed by atoms with E-state index in [0.29, 0.717) is 29.9 Å². The molecule has 1 aromatic carbocycles. The molecule has 0 saturated carbocycles. The van der Waals surface area contributed by atoms with Gasteiger partial charge in [0.15, 0.2) is 17.3 Å². The Morgan fingerprint density at radius 1 is 1.18 bits per heavy atom. The zero-order valence-electron chi connectivity index (χ0n) is 17.0. The maximum absolute atomic E-state index is 13.2. The highest BCUT2D eigenvalue weighted by Crippen LogP contribution is 2.39. The fourth-order valence-corrected chi connectivity index (χ4v) is 4.64. The Balaban J connectivity index is 1.52. The van der Waals surface area contributed by atoms with Gasteiger partial charge in [0.25, 0.3) is 0 Å². The van der Waals surface area contributed by atoms with E-state index in [0.717, 1.165) is 24.8 Å². The molecule has 6 nitrogen and oxygen atoms in total. The van der Waals surface area contributed by atoms with Crippen LogP contribution in [0.1, 0.15) is 69.1 Å². The number of ketones is 1. The van der Waals surface area contributed by atoms with Gasteiger partial charge in [0.05, 0.1) is 0 Å². The Kier molecular flexibility index (Phi) is 4.68. The van der Waals surface area contributed by atoms with Crippen molar-refractivity contribution in [3.63, 3.8) is 0 Å². The molecule has 6 heteroatoms. The fourth-order valence-electron chi connectivity index (χ4n) is 4.64. The maximum atomic E-state index is 13.2. The zero-order chi connectivity index (χ0) is 20.1. The number of oxazole rings is 1. The van der Waals surface area contributed by atoms with E-state index >= 15 is 0 Å². The molecule has 4 rings (SSSR count). The van der Waals surface area contributed by atoms with E-state index < -0.39 is 5.60 Å². The average molecular weight is 384 g/mol. The third-order valence-electron chi connectivity index (χ3n) is 5.73. The minimum Gasteiger partial charge on any atom is -0.444 e. The number of fused-ring (bicyclic) bond motifs is 3. The number of hydrogen-bond acceptors (Lipinski definition) is 5. The van der Waals surface area contributed by atoms with Crippen LogP contribution in [0, 0.1) is 12.8 Å². The molecule has 2 fully saturated rings. The van der Waals surface area contributed by atoms with Crippen molar-refractivity contribution >= 4 is 23.0 Å². The number of carbonyl (C=O) groups excluding carboxylic acids is 2. The van der Waals surface area contributed by atoms with Crippen LogP contribution in [0.25, 0.3) is 11.1 Å². The normalized spacial score (nSPS) is 25.0. The minimum absolute atomic E-state index is 0.0700. The molecule has 2 saturated heterocycles. The lowest BCUT2D eigenvalue weighted by atomic mass is 9.76. The van der Waals surface area contributed by atoms with E-state index in [-0.39, 0.29) is 29.9 Å². The average Bonchev–Trinajstić information content (AvgIpc) is 2.97. The maximum Gasteiger partial charge on any atom is 0.410 e. The first kappa shape index (κ1) is 19.0. The van der Waals surface area contributed by atoms with Crippen molar-refractivity contribution < 1.29 is 18.7 Å². The predicted molar refractivity (Wildman–Crippen MR) is 105 cm³/mol. The van der Waals surface area contributed by atoms with E-state index in [1.165, 1.54) is 0 Å². The smallest absolute Gasteiger partial charge is 0.410 e. The van der Waals surface area contributed by atoms with Gasteiger partial charge in [-0.05, 0) is 71.1 Å². The van der Waals surface area contributed by atoms with E-state index in [2.05, 4.69) is 4.98 Å². The number of carbonyl (C=O) groups is 2. The van der Waals surface area contributed by atoms with Gasteiger partial charge >= 0.3 is 6.09 Å². The van der Waals surface area contributed by atoms with Gasteiger partial charge in [0, 0.05) is 30.5 Å². The summed E-state index contributed by atoms with van der Waals surface area (Å²) in [5.41, 5.74) is 1.58. The molecule has 28 heavy (non-hydrogen) atoms. The molecule has 150 valence electrons. The number of amides is 1. The molecule has 2 aromatic rings. The zero-order valence-corrected chi connectivity index (χ0v) is 17.0. The molecule has 2 atom stereocenters. The SMILES string of the molecule is Cc1nc2cc(C(=O)C3CC4CCCC(C3)N4C(=O)OC(C)(C)C)ccc2o1. The lowest BCUT2D eigenvalue weighted by molar-refractivity contribution is -0.0260. The van der Waals surface area contributed by atoms with Gasteiger partial charge in [-0.2, -0.15) is 0 Å². The molecule has 2 aliphatic rings. The summed E-state index contributed by atoms with van der Waals surface area (Å²) in [6, 6.07) is 5.62. The molecule has 0 aliphatic carbocycles. The highest BCUT2D eigenvalue weighted by molar-refractivity contribution is 6.00. The lowest BCUT2D eigenvalue weighted by Gasteiger charge is -2.48. The van der Waals surface area contributed by atoms with Crippen molar-refractivity contribution in [2.45, 2.75) is 77.5 Å². The first-order valence-electron chi connectivity index (χ1n) is 10.1. The van der Waals surface area contributed by atoms with Crippen LogP contribution in [0.15, 0.2) is 22.6 Å².